The van der Waals surface area contributed by atoms with Gasteiger partial charge >= 0.3 is 7.32 Å². The lowest BCUT2D eigenvalue weighted by atomic mass is 9.98. The average Bonchev–Trinajstić information content (AvgIpc) is 3.69. The van der Waals surface area contributed by atoms with Gasteiger partial charge in [0.1, 0.15) is 17.2 Å². The number of amides is 1. The lowest BCUT2D eigenvalue weighted by Gasteiger charge is -2.13. The van der Waals surface area contributed by atoms with Crippen LogP contribution in [0.1, 0.15) is 45.8 Å². The zero-order valence-corrected chi connectivity index (χ0v) is 23.6. The van der Waals surface area contributed by atoms with Gasteiger partial charge in [0, 0.05) is 35.3 Å². The molecule has 1 saturated carbocycles. The van der Waals surface area contributed by atoms with E-state index in [2.05, 4.69) is 10.0 Å². The number of benzene rings is 3. The molecule has 13 heteroatoms. The van der Waals surface area contributed by atoms with E-state index in [-0.39, 0.29) is 35.6 Å². The monoisotopic (exact) mass is 600 g/mol. The van der Waals surface area contributed by atoms with Crippen LogP contribution in [0.5, 0.6) is 0 Å². The maximum absolute atomic E-state index is 13.6. The number of hydrogen-bond donors (Lipinski definition) is 4. The molecular weight excluding hydrogens is 574 g/mol. The van der Waals surface area contributed by atoms with Gasteiger partial charge in [0.05, 0.1) is 11.3 Å². The predicted molar refractivity (Wildman–Crippen MR) is 155 cm³/mol. The van der Waals surface area contributed by atoms with Crippen molar-refractivity contribution in [2.75, 3.05) is 18.4 Å². The van der Waals surface area contributed by atoms with Crippen molar-refractivity contribution >= 4 is 51.5 Å². The van der Waals surface area contributed by atoms with Crippen LogP contribution in [0.4, 0.5) is 10.1 Å². The lowest BCUT2D eigenvalue weighted by Crippen LogP contribution is -2.18. The zero-order chi connectivity index (χ0) is 29.3. The molecule has 3 aromatic carbocycles. The number of furan rings is 1. The third-order valence-corrected chi connectivity index (χ3v) is 8.43. The third-order valence-electron chi connectivity index (χ3n) is 6.84. The molecular formula is C28H27BClFN2O7S. The number of fused-ring (bicyclic) bond motifs is 1. The molecule has 0 unspecified atom stereocenters. The Hall–Kier alpha value is -3.42. The molecule has 1 fully saturated rings. The normalized spacial score (nSPS) is 13.4. The number of carbonyl (C=O) groups excluding carboxylic acids is 1. The fourth-order valence-corrected chi connectivity index (χ4v) is 6.26. The van der Waals surface area contributed by atoms with E-state index in [9.17, 15) is 17.6 Å². The van der Waals surface area contributed by atoms with E-state index in [1.807, 2.05) is 6.07 Å². The van der Waals surface area contributed by atoms with Crippen molar-refractivity contribution in [2.45, 2.75) is 30.9 Å². The van der Waals surface area contributed by atoms with Gasteiger partial charge in [-0.3, -0.25) is 9.52 Å². The van der Waals surface area contributed by atoms with Gasteiger partial charge < -0.3 is 24.4 Å². The van der Waals surface area contributed by atoms with Crippen LogP contribution in [0.25, 0.3) is 22.3 Å². The molecule has 1 aromatic heterocycles. The van der Waals surface area contributed by atoms with Crippen LogP contribution in [0.15, 0.2) is 59.0 Å². The summed E-state index contributed by atoms with van der Waals surface area (Å²) in [7, 11) is -4.26. The minimum Gasteiger partial charge on any atom is -0.455 e. The number of anilines is 1. The smallest absolute Gasteiger partial charge is 0.455 e. The maximum atomic E-state index is 13.6. The minimum atomic E-state index is -3.89. The second-order valence-corrected chi connectivity index (χ2v) is 12.0. The molecule has 0 spiro atoms. The van der Waals surface area contributed by atoms with Gasteiger partial charge in [0.15, 0.2) is 0 Å². The Kier molecular flexibility index (Phi) is 8.39. The first-order valence-corrected chi connectivity index (χ1v) is 14.9. The molecule has 1 aliphatic rings. The Morgan fingerprint density at radius 1 is 1.12 bits per heavy atom. The largest absolute Gasteiger partial charge is 0.633 e. The quantitative estimate of drug-likeness (QED) is 0.185. The standard InChI is InChI=1S/C28H27BClFN2O7S/c1-32-28(34)26-23-14-22(16-2-3-16)19(12-25(23)40-27(26)18-4-7-20(31)8-5-18)15-41(37,38)33-21-9-6-17(24(30)13-21)10-11-39-29(35)36/h4-9,12-14,16,33,35-36H,2-3,10-11,15H2,1H3,(H,32,34). The molecule has 5 rings (SSSR count). The van der Waals surface area contributed by atoms with Gasteiger partial charge in [-0.2, -0.15) is 0 Å². The van der Waals surface area contributed by atoms with Gasteiger partial charge in [-0.1, -0.05) is 17.7 Å². The van der Waals surface area contributed by atoms with Crippen LogP contribution in [0.3, 0.4) is 0 Å². The van der Waals surface area contributed by atoms with E-state index < -0.39 is 23.2 Å². The molecule has 0 radical (unpaired) electrons. The molecule has 0 bridgehead atoms. The van der Waals surface area contributed by atoms with Gasteiger partial charge in [-0.25, -0.2) is 12.8 Å². The molecule has 1 heterocycles. The van der Waals surface area contributed by atoms with Gasteiger partial charge in [-0.05, 0) is 90.4 Å². The van der Waals surface area contributed by atoms with Crippen molar-refractivity contribution in [2.24, 2.45) is 0 Å². The fraction of sp³-hybridized carbons (Fsp3) is 0.250. The summed E-state index contributed by atoms with van der Waals surface area (Å²) in [5.74, 6) is -0.689. The van der Waals surface area contributed by atoms with Crippen molar-refractivity contribution in [3.05, 3.63) is 87.7 Å². The lowest BCUT2D eigenvalue weighted by molar-refractivity contribution is 0.0964. The zero-order valence-electron chi connectivity index (χ0n) is 22.0. The molecule has 0 atom stereocenters. The minimum absolute atomic E-state index is 0.0200. The fourth-order valence-electron chi connectivity index (χ4n) is 4.76. The van der Waals surface area contributed by atoms with Gasteiger partial charge in [0.2, 0.25) is 10.0 Å². The van der Waals surface area contributed by atoms with Crippen molar-refractivity contribution in [3.63, 3.8) is 0 Å². The van der Waals surface area contributed by atoms with E-state index in [0.717, 1.165) is 18.4 Å². The Morgan fingerprint density at radius 2 is 1.85 bits per heavy atom. The molecule has 4 aromatic rings. The summed E-state index contributed by atoms with van der Waals surface area (Å²) in [4.78, 5) is 12.9. The summed E-state index contributed by atoms with van der Waals surface area (Å²) in [6.45, 7) is 0.0200. The second kappa shape index (κ2) is 11.8. The predicted octanol–water partition coefficient (Wildman–Crippen LogP) is 4.60. The summed E-state index contributed by atoms with van der Waals surface area (Å²) < 4.78 is 53.4. The van der Waals surface area contributed by atoms with Gasteiger partial charge in [-0.15, -0.1) is 0 Å². The number of carbonyl (C=O) groups is 1. The van der Waals surface area contributed by atoms with Gasteiger partial charge in [0.25, 0.3) is 5.91 Å². The van der Waals surface area contributed by atoms with Crippen LogP contribution in [-0.4, -0.2) is 45.3 Å². The summed E-state index contributed by atoms with van der Waals surface area (Å²) in [5.41, 5.74) is 3.48. The molecule has 1 amide bonds. The van der Waals surface area contributed by atoms with Crippen molar-refractivity contribution in [1.82, 2.24) is 5.32 Å². The van der Waals surface area contributed by atoms with Crippen LogP contribution in [-0.2, 0) is 26.9 Å². The molecule has 4 N–H and O–H groups in total. The Balaban J connectivity index is 1.46. The highest BCUT2D eigenvalue weighted by Crippen LogP contribution is 2.45. The summed E-state index contributed by atoms with van der Waals surface area (Å²) in [6, 6.07) is 13.8. The number of halogens is 2. The molecule has 214 valence electrons. The highest BCUT2D eigenvalue weighted by molar-refractivity contribution is 7.91. The van der Waals surface area contributed by atoms with E-state index in [1.54, 1.807) is 18.2 Å². The first kappa shape index (κ1) is 29.1. The van der Waals surface area contributed by atoms with E-state index in [4.69, 9.17) is 30.7 Å². The summed E-state index contributed by atoms with van der Waals surface area (Å²) in [6.07, 6.45) is 2.10. The summed E-state index contributed by atoms with van der Waals surface area (Å²) >= 11 is 6.31. The Labute approximate surface area is 241 Å². The SMILES string of the molecule is CNC(=O)c1c(-c2ccc(F)cc2)oc2cc(CS(=O)(=O)Nc3ccc(CCOB(O)O)c(Cl)c3)c(C3CC3)cc12. The second-order valence-electron chi connectivity index (χ2n) is 9.83. The Morgan fingerprint density at radius 3 is 2.49 bits per heavy atom. The molecule has 0 saturated heterocycles. The van der Waals surface area contributed by atoms with E-state index in [1.165, 1.54) is 37.4 Å². The first-order valence-electron chi connectivity index (χ1n) is 12.9. The number of sulfonamides is 1. The highest BCUT2D eigenvalue weighted by Gasteiger charge is 2.31. The molecule has 0 aliphatic heterocycles. The maximum Gasteiger partial charge on any atom is 0.633 e. The first-order chi connectivity index (χ1) is 19.5. The van der Waals surface area contributed by atoms with Crippen LogP contribution < -0.4 is 10.0 Å². The highest BCUT2D eigenvalue weighted by atomic mass is 35.5. The number of rotatable bonds is 11. The summed E-state index contributed by atoms with van der Waals surface area (Å²) in [5, 5.41) is 21.1. The van der Waals surface area contributed by atoms with Crippen LogP contribution >= 0.6 is 11.6 Å². The number of hydrogen-bond acceptors (Lipinski definition) is 7. The topological polar surface area (TPSA) is 138 Å². The molecule has 1 aliphatic carbocycles. The van der Waals surface area contributed by atoms with E-state index >= 15 is 0 Å². The van der Waals surface area contributed by atoms with Crippen LogP contribution in [0, 0.1) is 5.82 Å². The van der Waals surface area contributed by atoms with E-state index in [0.29, 0.717) is 44.7 Å². The third kappa shape index (κ3) is 6.74. The molecule has 9 nitrogen and oxygen atoms in total. The molecule has 41 heavy (non-hydrogen) atoms. The van der Waals surface area contributed by atoms with Crippen molar-refractivity contribution < 1.29 is 36.7 Å². The van der Waals surface area contributed by atoms with Crippen LogP contribution in [0.2, 0.25) is 5.02 Å². The number of nitrogens with one attached hydrogen (secondary N) is 2. The Bertz CT molecular complexity index is 1710. The van der Waals surface area contributed by atoms with Crippen molar-refractivity contribution in [1.29, 1.82) is 0 Å². The van der Waals surface area contributed by atoms with Crippen molar-refractivity contribution in [3.8, 4) is 11.3 Å². The average molecular weight is 601 g/mol.